The Labute approximate surface area is 170 Å². The molecule has 0 amide bonds. The molecule has 4 aromatic rings. The molecule has 0 aliphatic carbocycles. The van der Waals surface area contributed by atoms with Gasteiger partial charge in [0.05, 0.1) is 11.9 Å². The second-order valence-corrected chi connectivity index (χ2v) is 7.89. The van der Waals surface area contributed by atoms with Gasteiger partial charge in [0.15, 0.2) is 0 Å². The Balaban J connectivity index is 1.61. The highest BCUT2D eigenvalue weighted by molar-refractivity contribution is 7.17. The minimum atomic E-state index is -0.255. The van der Waals surface area contributed by atoms with E-state index in [1.807, 2.05) is 35.5 Å². The molecule has 28 heavy (non-hydrogen) atoms. The van der Waals surface area contributed by atoms with Crippen molar-refractivity contribution in [2.45, 2.75) is 13.1 Å². The third-order valence-corrected chi connectivity index (χ3v) is 5.64. The fourth-order valence-electron chi connectivity index (χ4n) is 3.16. The van der Waals surface area contributed by atoms with Crippen LogP contribution >= 0.6 is 22.9 Å². The van der Waals surface area contributed by atoms with Crippen molar-refractivity contribution in [1.82, 2.24) is 14.9 Å². The number of hydrogen-bond acceptors (Lipinski definition) is 4. The van der Waals surface area contributed by atoms with Gasteiger partial charge in [-0.25, -0.2) is 9.37 Å². The lowest BCUT2D eigenvalue weighted by molar-refractivity contribution is 0.310. The number of hydrogen-bond donors (Lipinski definition) is 1. The van der Waals surface area contributed by atoms with Crippen molar-refractivity contribution < 1.29 is 4.39 Å². The minimum Gasteiger partial charge on any atom is -0.309 e. The van der Waals surface area contributed by atoms with E-state index in [9.17, 15) is 9.18 Å². The first-order chi connectivity index (χ1) is 13.5. The van der Waals surface area contributed by atoms with Crippen molar-refractivity contribution in [3.63, 3.8) is 0 Å². The first-order valence-corrected chi connectivity index (χ1v) is 9.95. The summed E-state index contributed by atoms with van der Waals surface area (Å²) < 4.78 is 13.0. The molecule has 2 aromatic carbocycles. The van der Waals surface area contributed by atoms with E-state index in [0.29, 0.717) is 34.2 Å². The first-order valence-electron chi connectivity index (χ1n) is 8.69. The number of fused-ring (bicyclic) bond motifs is 1. The fourth-order valence-corrected chi connectivity index (χ4v) is 4.35. The maximum absolute atomic E-state index is 13.0. The van der Waals surface area contributed by atoms with Crippen LogP contribution in [-0.2, 0) is 13.1 Å². The number of halogens is 2. The molecule has 0 spiro atoms. The molecule has 7 heteroatoms. The number of nitrogens with zero attached hydrogens (tertiary/aromatic N) is 2. The summed E-state index contributed by atoms with van der Waals surface area (Å²) in [5, 5.41) is 3.08. The summed E-state index contributed by atoms with van der Waals surface area (Å²) in [7, 11) is 1.93. The number of aromatic nitrogens is 2. The van der Waals surface area contributed by atoms with Gasteiger partial charge >= 0.3 is 0 Å². The molecule has 4 rings (SSSR count). The third-order valence-electron chi connectivity index (χ3n) is 4.44. The molecule has 0 bridgehead atoms. The molecule has 0 aliphatic heterocycles. The van der Waals surface area contributed by atoms with Gasteiger partial charge in [-0.2, -0.15) is 0 Å². The van der Waals surface area contributed by atoms with Gasteiger partial charge < -0.3 is 4.98 Å². The zero-order valence-corrected chi connectivity index (χ0v) is 16.6. The maximum atomic E-state index is 13.0. The minimum absolute atomic E-state index is 0.175. The second kappa shape index (κ2) is 7.83. The molecular weight excluding hydrogens is 397 g/mol. The lowest BCUT2D eigenvalue weighted by Crippen LogP contribution is -2.21. The summed E-state index contributed by atoms with van der Waals surface area (Å²) in [6, 6.07) is 13.8. The van der Waals surface area contributed by atoms with Crippen molar-refractivity contribution in [3.05, 3.63) is 86.5 Å². The SMILES string of the molecule is CN(Cc1ccc(F)cc1)Cc1nc2scc(-c3ccccc3Cl)c2c(=O)[nH]1. The molecule has 0 saturated carbocycles. The van der Waals surface area contributed by atoms with Crippen molar-refractivity contribution in [3.8, 4) is 11.1 Å². The predicted molar refractivity (Wildman–Crippen MR) is 112 cm³/mol. The van der Waals surface area contributed by atoms with Gasteiger partial charge in [-0.3, -0.25) is 9.69 Å². The normalized spacial score (nSPS) is 11.4. The molecule has 2 aromatic heterocycles. The van der Waals surface area contributed by atoms with Crippen molar-refractivity contribution >= 4 is 33.2 Å². The molecule has 0 atom stereocenters. The molecule has 0 radical (unpaired) electrons. The zero-order valence-electron chi connectivity index (χ0n) is 15.1. The van der Waals surface area contributed by atoms with Gasteiger partial charge in [-0.1, -0.05) is 41.9 Å². The van der Waals surface area contributed by atoms with Crippen LogP contribution in [0.2, 0.25) is 5.02 Å². The van der Waals surface area contributed by atoms with Gasteiger partial charge in [0.1, 0.15) is 16.5 Å². The third kappa shape index (κ3) is 3.85. The fraction of sp³-hybridized carbons (Fsp3) is 0.143. The summed E-state index contributed by atoms with van der Waals surface area (Å²) >= 11 is 7.73. The van der Waals surface area contributed by atoms with Gasteiger partial charge in [0.2, 0.25) is 0 Å². The molecular formula is C21H17ClFN3OS. The molecule has 0 saturated heterocycles. The van der Waals surface area contributed by atoms with Crippen LogP contribution < -0.4 is 5.56 Å². The van der Waals surface area contributed by atoms with Gasteiger partial charge in [-0.05, 0) is 30.8 Å². The number of thiophene rings is 1. The zero-order chi connectivity index (χ0) is 19.7. The summed E-state index contributed by atoms with van der Waals surface area (Å²) in [5.41, 5.74) is 2.44. The van der Waals surface area contributed by atoms with E-state index in [1.54, 1.807) is 18.2 Å². The Morgan fingerprint density at radius 1 is 1.11 bits per heavy atom. The Kier molecular flexibility index (Phi) is 5.26. The van der Waals surface area contributed by atoms with Crippen molar-refractivity contribution in [2.75, 3.05) is 7.05 Å². The number of benzene rings is 2. The first kappa shape index (κ1) is 18.8. The van der Waals surface area contributed by atoms with E-state index in [4.69, 9.17) is 11.6 Å². The second-order valence-electron chi connectivity index (χ2n) is 6.62. The van der Waals surface area contributed by atoms with Crippen LogP contribution in [-0.4, -0.2) is 21.9 Å². The van der Waals surface area contributed by atoms with Crippen molar-refractivity contribution in [2.24, 2.45) is 0 Å². The van der Waals surface area contributed by atoms with E-state index in [1.165, 1.54) is 23.5 Å². The molecule has 4 nitrogen and oxygen atoms in total. The highest BCUT2D eigenvalue weighted by Gasteiger charge is 2.15. The predicted octanol–water partition coefficient (Wildman–Crippen LogP) is 5.08. The van der Waals surface area contributed by atoms with E-state index < -0.39 is 0 Å². The summed E-state index contributed by atoms with van der Waals surface area (Å²) in [6.07, 6.45) is 0. The Morgan fingerprint density at radius 3 is 2.61 bits per heavy atom. The average molecular weight is 414 g/mol. The van der Waals surface area contributed by atoms with E-state index in [2.05, 4.69) is 9.97 Å². The van der Waals surface area contributed by atoms with Crippen LogP contribution in [0.1, 0.15) is 11.4 Å². The number of nitrogens with one attached hydrogen (secondary N) is 1. The standard InChI is InChI=1S/C21H17ClFN3OS/c1-26(10-13-6-8-14(23)9-7-13)11-18-24-20(27)19-16(12-28-21(19)25-18)15-4-2-3-5-17(15)22/h2-9,12H,10-11H2,1H3,(H,24,25,27). The summed E-state index contributed by atoms with van der Waals surface area (Å²) in [4.78, 5) is 23.0. The molecule has 1 N–H and O–H groups in total. The number of H-pyrrole nitrogens is 1. The molecule has 0 fully saturated rings. The van der Waals surface area contributed by atoms with Crippen LogP contribution in [0.3, 0.4) is 0 Å². The van der Waals surface area contributed by atoms with Crippen molar-refractivity contribution in [1.29, 1.82) is 0 Å². The van der Waals surface area contributed by atoms with Gasteiger partial charge in [-0.15, -0.1) is 11.3 Å². The van der Waals surface area contributed by atoms with Gasteiger partial charge in [0, 0.05) is 28.1 Å². The van der Waals surface area contributed by atoms with E-state index >= 15 is 0 Å². The van der Waals surface area contributed by atoms with Gasteiger partial charge in [0.25, 0.3) is 5.56 Å². The average Bonchev–Trinajstić information content (AvgIpc) is 3.08. The van der Waals surface area contributed by atoms with Crippen LogP contribution in [0.4, 0.5) is 4.39 Å². The van der Waals surface area contributed by atoms with Crippen LogP contribution in [0.25, 0.3) is 21.3 Å². The lowest BCUT2D eigenvalue weighted by Gasteiger charge is -2.16. The lowest BCUT2D eigenvalue weighted by atomic mass is 10.1. The Bertz CT molecular complexity index is 1190. The summed E-state index contributed by atoms with van der Waals surface area (Å²) in [5.74, 6) is 0.338. The highest BCUT2D eigenvalue weighted by atomic mass is 35.5. The maximum Gasteiger partial charge on any atom is 0.260 e. The molecule has 2 heterocycles. The Morgan fingerprint density at radius 2 is 1.86 bits per heavy atom. The topological polar surface area (TPSA) is 49.0 Å². The monoisotopic (exact) mass is 413 g/mol. The molecule has 0 aliphatic rings. The van der Waals surface area contributed by atoms with Crippen LogP contribution in [0.5, 0.6) is 0 Å². The van der Waals surface area contributed by atoms with Crippen LogP contribution in [0, 0.1) is 5.82 Å². The smallest absolute Gasteiger partial charge is 0.260 e. The molecule has 142 valence electrons. The molecule has 0 unspecified atom stereocenters. The largest absolute Gasteiger partial charge is 0.309 e. The Hall–Kier alpha value is -2.54. The highest BCUT2D eigenvalue weighted by Crippen LogP contribution is 2.34. The quantitative estimate of drug-likeness (QED) is 0.496. The summed E-state index contributed by atoms with van der Waals surface area (Å²) in [6.45, 7) is 1.10. The van der Waals surface area contributed by atoms with E-state index in [-0.39, 0.29) is 11.4 Å². The van der Waals surface area contributed by atoms with Crippen LogP contribution in [0.15, 0.2) is 58.7 Å². The number of aromatic amines is 1. The van der Waals surface area contributed by atoms with E-state index in [0.717, 1.165) is 16.7 Å². The number of rotatable bonds is 5.